The zero-order valence-corrected chi connectivity index (χ0v) is 20.3. The molecule has 2 aromatic carbocycles. The van der Waals surface area contributed by atoms with Crippen LogP contribution in [0.2, 0.25) is 0 Å². The molecule has 1 aliphatic carbocycles. The van der Waals surface area contributed by atoms with E-state index in [-0.39, 0.29) is 0 Å². The molecular weight excluding hydrogens is 428 g/mol. The third-order valence-electron chi connectivity index (χ3n) is 6.53. The minimum Gasteiger partial charge on any atom is -0.384 e. The van der Waals surface area contributed by atoms with Crippen LogP contribution in [0.15, 0.2) is 66.0 Å². The predicted molar refractivity (Wildman–Crippen MR) is 140 cm³/mol. The molecule has 0 fully saturated rings. The van der Waals surface area contributed by atoms with Crippen LogP contribution >= 0.6 is 22.7 Å². The lowest BCUT2D eigenvalue weighted by atomic mass is 9.99. The number of fused-ring (bicyclic) bond motifs is 3. The van der Waals surface area contributed by atoms with Crippen LogP contribution in [0.5, 0.6) is 0 Å². The molecule has 0 amide bonds. The Morgan fingerprint density at radius 1 is 0.719 bits per heavy atom. The first-order chi connectivity index (χ1) is 15.7. The van der Waals surface area contributed by atoms with Gasteiger partial charge >= 0.3 is 0 Å². The number of benzene rings is 2. The minimum absolute atomic E-state index is 0.467. The Bertz CT molecular complexity index is 1160. The topological polar surface area (TPSA) is 20.2 Å². The number of unbranched alkanes of at least 4 members (excludes halogenated alkanes) is 5. The summed E-state index contributed by atoms with van der Waals surface area (Å²) in [4.78, 5) is 3.71. The number of hydrogen-bond donors (Lipinski definition) is 1. The average molecular weight is 459 g/mol. The molecule has 0 spiro atoms. The molecule has 0 bridgehead atoms. The third kappa shape index (κ3) is 4.34. The van der Waals surface area contributed by atoms with E-state index >= 15 is 0 Å². The first-order valence-corrected chi connectivity index (χ1v) is 13.5. The van der Waals surface area contributed by atoms with Crippen molar-refractivity contribution in [3.05, 3.63) is 82.7 Å². The lowest BCUT2D eigenvalue weighted by Gasteiger charge is -2.06. The van der Waals surface area contributed by atoms with Gasteiger partial charge in [-0.3, -0.25) is 0 Å². The predicted octanol–water partition coefficient (Wildman–Crippen LogP) is 9.11. The van der Waals surface area contributed by atoms with Crippen LogP contribution in [-0.2, 0) is 6.42 Å². The van der Waals surface area contributed by atoms with Gasteiger partial charge in [-0.1, -0.05) is 87.6 Å². The number of hydrogen-bond acceptors (Lipinski definition) is 3. The van der Waals surface area contributed by atoms with Gasteiger partial charge in [0.05, 0.1) is 9.75 Å². The van der Waals surface area contributed by atoms with E-state index in [9.17, 15) is 5.11 Å². The highest BCUT2D eigenvalue weighted by atomic mass is 32.1. The van der Waals surface area contributed by atoms with Crippen LogP contribution in [0.4, 0.5) is 0 Å². The van der Waals surface area contributed by atoms with Crippen molar-refractivity contribution in [2.45, 2.75) is 58.0 Å². The molecule has 1 N–H and O–H groups in total. The molecule has 1 nitrogen and oxygen atoms in total. The van der Waals surface area contributed by atoms with E-state index < -0.39 is 6.10 Å². The highest BCUT2D eigenvalue weighted by molar-refractivity contribution is 7.23. The summed E-state index contributed by atoms with van der Waals surface area (Å²) in [6.07, 6.45) is 8.81. The van der Waals surface area contributed by atoms with Crippen molar-refractivity contribution in [3.63, 3.8) is 0 Å². The number of aryl methyl sites for hydroxylation is 1. The molecule has 0 saturated carbocycles. The summed E-state index contributed by atoms with van der Waals surface area (Å²) in [5, 5.41) is 12.7. The normalized spacial score (nSPS) is 14.5. The molecule has 1 atom stereocenters. The molecule has 32 heavy (non-hydrogen) atoms. The summed E-state index contributed by atoms with van der Waals surface area (Å²) in [7, 11) is 0. The van der Waals surface area contributed by atoms with Crippen LogP contribution in [0.25, 0.3) is 31.3 Å². The maximum absolute atomic E-state index is 10.6. The fourth-order valence-electron chi connectivity index (χ4n) is 4.61. The van der Waals surface area contributed by atoms with Crippen LogP contribution in [0.1, 0.15) is 68.2 Å². The van der Waals surface area contributed by atoms with E-state index in [1.807, 2.05) is 6.07 Å². The van der Waals surface area contributed by atoms with Crippen LogP contribution in [0, 0.1) is 0 Å². The summed E-state index contributed by atoms with van der Waals surface area (Å²) >= 11 is 3.52. The Hall–Kier alpha value is -2.20. The largest absolute Gasteiger partial charge is 0.384 e. The van der Waals surface area contributed by atoms with Crippen molar-refractivity contribution >= 4 is 22.7 Å². The van der Waals surface area contributed by atoms with E-state index in [1.165, 1.54) is 81.8 Å². The number of aliphatic hydroxyl groups excluding tert-OH is 1. The van der Waals surface area contributed by atoms with Crippen molar-refractivity contribution in [2.75, 3.05) is 0 Å². The van der Waals surface area contributed by atoms with E-state index in [4.69, 9.17) is 0 Å². The van der Waals surface area contributed by atoms with Gasteiger partial charge in [-0.05, 0) is 52.6 Å². The number of rotatable bonds is 9. The third-order valence-corrected chi connectivity index (χ3v) is 8.82. The monoisotopic (exact) mass is 458 g/mol. The SMILES string of the molecule is CCCCCCCCc1ccc(-c2ccc(-c3cc4c(s3)-c3sccc3C4O)cc2)cc1. The highest BCUT2D eigenvalue weighted by Gasteiger charge is 2.30. The van der Waals surface area contributed by atoms with Gasteiger partial charge in [0.15, 0.2) is 0 Å². The van der Waals surface area contributed by atoms with Gasteiger partial charge in [-0.15, -0.1) is 22.7 Å². The smallest absolute Gasteiger partial charge is 0.107 e. The zero-order chi connectivity index (χ0) is 21.9. The van der Waals surface area contributed by atoms with Gasteiger partial charge in [0.1, 0.15) is 6.10 Å². The molecule has 0 saturated heterocycles. The Balaban J connectivity index is 1.23. The van der Waals surface area contributed by atoms with Gasteiger partial charge in [-0.25, -0.2) is 0 Å². The average Bonchev–Trinajstić information content (AvgIpc) is 3.53. The number of aliphatic hydroxyl groups is 1. The zero-order valence-electron chi connectivity index (χ0n) is 18.6. The van der Waals surface area contributed by atoms with Crippen LogP contribution in [-0.4, -0.2) is 5.11 Å². The Morgan fingerprint density at radius 3 is 2.12 bits per heavy atom. The summed E-state index contributed by atoms with van der Waals surface area (Å²) in [5.41, 5.74) is 7.33. The van der Waals surface area contributed by atoms with Gasteiger partial charge in [0.25, 0.3) is 0 Å². The van der Waals surface area contributed by atoms with Gasteiger partial charge in [0, 0.05) is 16.0 Å². The highest BCUT2D eigenvalue weighted by Crippen LogP contribution is 2.52. The lowest BCUT2D eigenvalue weighted by Crippen LogP contribution is -1.90. The van der Waals surface area contributed by atoms with E-state index in [0.29, 0.717) is 0 Å². The second-order valence-corrected chi connectivity index (χ2v) is 10.8. The molecule has 164 valence electrons. The Morgan fingerprint density at radius 2 is 1.38 bits per heavy atom. The van der Waals surface area contributed by atoms with Crippen molar-refractivity contribution in [3.8, 4) is 31.3 Å². The molecule has 5 rings (SSSR count). The molecular formula is C29H30OS2. The fourth-order valence-corrected chi connectivity index (χ4v) is 6.93. The van der Waals surface area contributed by atoms with E-state index in [2.05, 4.69) is 66.9 Å². The fraction of sp³-hybridized carbons (Fsp3) is 0.310. The summed E-state index contributed by atoms with van der Waals surface area (Å²) in [6.45, 7) is 2.27. The van der Waals surface area contributed by atoms with Gasteiger partial charge < -0.3 is 5.11 Å². The van der Waals surface area contributed by atoms with Gasteiger partial charge in [0.2, 0.25) is 0 Å². The van der Waals surface area contributed by atoms with Crippen molar-refractivity contribution in [1.29, 1.82) is 0 Å². The summed E-state index contributed by atoms with van der Waals surface area (Å²) in [5.74, 6) is 0. The second kappa shape index (κ2) is 9.74. The molecule has 0 aliphatic heterocycles. The first kappa shape index (κ1) is 21.6. The molecule has 0 radical (unpaired) electrons. The lowest BCUT2D eigenvalue weighted by molar-refractivity contribution is 0.226. The Kier molecular flexibility index (Phi) is 6.59. The first-order valence-electron chi connectivity index (χ1n) is 11.8. The molecule has 1 unspecified atom stereocenters. The van der Waals surface area contributed by atoms with Crippen molar-refractivity contribution in [2.24, 2.45) is 0 Å². The quantitative estimate of drug-likeness (QED) is 0.248. The maximum atomic E-state index is 10.6. The van der Waals surface area contributed by atoms with Crippen molar-refractivity contribution < 1.29 is 5.11 Å². The molecule has 2 heterocycles. The number of thiophene rings is 2. The summed E-state index contributed by atoms with van der Waals surface area (Å²) in [6, 6.07) is 22.2. The minimum atomic E-state index is -0.467. The second-order valence-electron chi connectivity index (χ2n) is 8.79. The van der Waals surface area contributed by atoms with E-state index in [0.717, 1.165) is 11.1 Å². The van der Waals surface area contributed by atoms with Crippen LogP contribution in [0.3, 0.4) is 0 Å². The molecule has 2 aromatic heterocycles. The van der Waals surface area contributed by atoms with Gasteiger partial charge in [-0.2, -0.15) is 0 Å². The molecule has 1 aliphatic rings. The Labute approximate surface area is 199 Å². The maximum Gasteiger partial charge on any atom is 0.107 e. The standard InChI is InChI=1S/C29H30OS2/c1-2-3-4-5-6-7-8-20-9-11-21(12-10-20)22-13-15-23(16-14-22)26-19-25-27(30)24-17-18-31-28(24)29(25)32-26/h9-19,27,30H,2-8H2,1H3. The van der Waals surface area contributed by atoms with Crippen LogP contribution < -0.4 is 0 Å². The van der Waals surface area contributed by atoms with E-state index in [1.54, 1.807) is 22.7 Å². The van der Waals surface area contributed by atoms with Crippen molar-refractivity contribution in [1.82, 2.24) is 0 Å². The molecule has 3 heteroatoms. The molecule has 4 aromatic rings. The summed E-state index contributed by atoms with van der Waals surface area (Å²) < 4.78 is 0.